The maximum atomic E-state index is 13.1. The monoisotopic (exact) mass is 486 g/mol. The molecule has 0 radical (unpaired) electrons. The van der Waals surface area contributed by atoms with Crippen LogP contribution >= 0.6 is 0 Å². The Kier molecular flexibility index (Phi) is 6.18. The Bertz CT molecular complexity index is 1220. The lowest BCUT2D eigenvalue weighted by Gasteiger charge is -2.20. The molecule has 1 saturated heterocycles. The number of aromatic nitrogens is 4. The minimum Gasteiger partial charge on any atom is -0.380 e. The molecule has 1 saturated carbocycles. The van der Waals surface area contributed by atoms with E-state index in [1.807, 2.05) is 12.3 Å². The molecule has 1 amide bonds. The lowest BCUT2D eigenvalue weighted by atomic mass is 10.2. The number of amides is 1. The van der Waals surface area contributed by atoms with Gasteiger partial charge in [0.1, 0.15) is 12.2 Å². The van der Waals surface area contributed by atoms with Crippen LogP contribution in [0.1, 0.15) is 41.4 Å². The molecule has 0 spiro atoms. The van der Waals surface area contributed by atoms with E-state index in [1.165, 1.54) is 12.4 Å². The van der Waals surface area contributed by atoms with Crippen molar-refractivity contribution in [2.45, 2.75) is 44.0 Å². The minimum atomic E-state index is -4.38. The van der Waals surface area contributed by atoms with Crippen LogP contribution in [-0.4, -0.2) is 58.1 Å². The van der Waals surface area contributed by atoms with E-state index < -0.39 is 18.6 Å². The van der Waals surface area contributed by atoms with Gasteiger partial charge in [0.2, 0.25) is 0 Å². The summed E-state index contributed by atoms with van der Waals surface area (Å²) in [6.45, 7) is 0.421. The van der Waals surface area contributed by atoms with E-state index in [2.05, 4.69) is 25.3 Å². The predicted molar refractivity (Wildman–Crippen MR) is 123 cm³/mol. The second kappa shape index (κ2) is 9.29. The van der Waals surface area contributed by atoms with Gasteiger partial charge in [0.05, 0.1) is 41.3 Å². The predicted octanol–water partition coefficient (Wildman–Crippen LogP) is 4.26. The number of anilines is 2. The van der Waals surface area contributed by atoms with Gasteiger partial charge < -0.3 is 15.0 Å². The highest BCUT2D eigenvalue weighted by atomic mass is 19.4. The van der Waals surface area contributed by atoms with E-state index in [0.29, 0.717) is 22.9 Å². The summed E-state index contributed by atoms with van der Waals surface area (Å²) in [5.74, 6) is -0.0880. The zero-order valence-corrected chi connectivity index (χ0v) is 19.1. The topological polar surface area (TPSA) is 85.2 Å². The van der Waals surface area contributed by atoms with E-state index in [1.54, 1.807) is 25.3 Å². The molecule has 0 unspecified atom stereocenters. The summed E-state index contributed by atoms with van der Waals surface area (Å²) in [5.41, 5.74) is 3.34. The standard InChI is InChI=1S/C24H25F3N6O2/c1-35-18-7-8-32(13-18)17-9-21(22(28-11-17)15-5-6-15)31-23(34)20-4-2-3-19(30-20)16-10-29-33(12-16)14-24(25,26)27/h2-4,9-12,15,18H,5-8,13-14H2,1H3,(H,31,34)/t18-/m0/s1. The molecule has 3 aromatic heterocycles. The number of nitrogens with zero attached hydrogens (tertiary/aromatic N) is 5. The van der Waals surface area contributed by atoms with Gasteiger partial charge in [-0.15, -0.1) is 0 Å². The number of hydrogen-bond donors (Lipinski definition) is 1. The van der Waals surface area contributed by atoms with Crippen molar-refractivity contribution < 1.29 is 22.7 Å². The summed E-state index contributed by atoms with van der Waals surface area (Å²) in [6.07, 6.45) is 3.19. The van der Waals surface area contributed by atoms with Crippen molar-refractivity contribution in [1.82, 2.24) is 19.7 Å². The maximum Gasteiger partial charge on any atom is 0.408 e. The first-order valence-electron chi connectivity index (χ1n) is 11.4. The highest BCUT2D eigenvalue weighted by Crippen LogP contribution is 2.43. The largest absolute Gasteiger partial charge is 0.408 e. The number of carbonyl (C=O) groups excluding carboxylic acids is 1. The molecule has 1 aliphatic heterocycles. The van der Waals surface area contributed by atoms with E-state index in [4.69, 9.17) is 4.74 Å². The Hall–Kier alpha value is -3.47. The fourth-order valence-electron chi connectivity index (χ4n) is 4.25. The third-order valence-corrected chi connectivity index (χ3v) is 6.21. The highest BCUT2D eigenvalue weighted by Gasteiger charge is 2.30. The van der Waals surface area contributed by atoms with Gasteiger partial charge in [-0.25, -0.2) is 4.98 Å². The highest BCUT2D eigenvalue weighted by molar-refractivity contribution is 6.03. The molecule has 1 aliphatic carbocycles. The molecule has 184 valence electrons. The summed E-state index contributed by atoms with van der Waals surface area (Å²) in [5, 5.41) is 6.71. The first kappa shape index (κ1) is 23.3. The summed E-state index contributed by atoms with van der Waals surface area (Å²) >= 11 is 0. The molecule has 8 nitrogen and oxygen atoms in total. The van der Waals surface area contributed by atoms with Gasteiger partial charge in [0.25, 0.3) is 5.91 Å². The van der Waals surface area contributed by atoms with Gasteiger partial charge in [0, 0.05) is 37.9 Å². The number of ether oxygens (including phenoxy) is 1. The fourth-order valence-corrected chi connectivity index (χ4v) is 4.25. The second-order valence-corrected chi connectivity index (χ2v) is 8.90. The average molecular weight is 486 g/mol. The Morgan fingerprint density at radius 3 is 2.77 bits per heavy atom. The van der Waals surface area contributed by atoms with Crippen molar-refractivity contribution in [3.63, 3.8) is 0 Å². The van der Waals surface area contributed by atoms with Crippen LogP contribution in [0.4, 0.5) is 24.5 Å². The van der Waals surface area contributed by atoms with E-state index in [9.17, 15) is 18.0 Å². The summed E-state index contributed by atoms with van der Waals surface area (Å²) in [7, 11) is 1.71. The zero-order chi connectivity index (χ0) is 24.6. The van der Waals surface area contributed by atoms with Crippen molar-refractivity contribution in [2.24, 2.45) is 0 Å². The molecular weight excluding hydrogens is 461 g/mol. The van der Waals surface area contributed by atoms with Crippen LogP contribution in [0.2, 0.25) is 0 Å². The van der Waals surface area contributed by atoms with E-state index in [-0.39, 0.29) is 11.8 Å². The fraction of sp³-hybridized carbons (Fsp3) is 0.417. The Morgan fingerprint density at radius 1 is 1.23 bits per heavy atom. The molecule has 5 rings (SSSR count). The van der Waals surface area contributed by atoms with Gasteiger partial charge in [-0.05, 0) is 37.5 Å². The van der Waals surface area contributed by atoms with Crippen LogP contribution in [0.5, 0.6) is 0 Å². The quantitative estimate of drug-likeness (QED) is 0.537. The number of halogens is 3. The van der Waals surface area contributed by atoms with Crippen LogP contribution in [-0.2, 0) is 11.3 Å². The van der Waals surface area contributed by atoms with Crippen molar-refractivity contribution in [1.29, 1.82) is 0 Å². The van der Waals surface area contributed by atoms with E-state index in [0.717, 1.165) is 48.4 Å². The van der Waals surface area contributed by atoms with Crippen molar-refractivity contribution in [3.05, 3.63) is 54.2 Å². The molecule has 2 fully saturated rings. The number of nitrogens with one attached hydrogen (secondary N) is 1. The Labute approximate surface area is 200 Å². The normalized spacial score (nSPS) is 18.2. The van der Waals surface area contributed by atoms with Crippen LogP contribution in [0, 0.1) is 0 Å². The number of methoxy groups -OCH3 is 1. The number of pyridine rings is 2. The summed E-state index contributed by atoms with van der Waals surface area (Å²) < 4.78 is 44.2. The first-order chi connectivity index (χ1) is 16.8. The summed E-state index contributed by atoms with van der Waals surface area (Å²) in [6, 6.07) is 6.78. The molecule has 1 N–H and O–H groups in total. The number of hydrogen-bond acceptors (Lipinski definition) is 6. The molecule has 11 heteroatoms. The number of rotatable bonds is 7. The summed E-state index contributed by atoms with van der Waals surface area (Å²) in [4.78, 5) is 24.3. The van der Waals surface area contributed by atoms with Crippen LogP contribution in [0.15, 0.2) is 42.9 Å². The van der Waals surface area contributed by atoms with Crippen LogP contribution in [0.3, 0.4) is 0 Å². The molecule has 3 aromatic rings. The van der Waals surface area contributed by atoms with Gasteiger partial charge in [-0.2, -0.15) is 18.3 Å². The molecular formula is C24H25F3N6O2. The van der Waals surface area contributed by atoms with Crippen molar-refractivity contribution in [2.75, 3.05) is 30.4 Å². The lowest BCUT2D eigenvalue weighted by molar-refractivity contribution is -0.142. The SMILES string of the molecule is CO[C@H]1CCN(c2cnc(C3CC3)c(NC(=O)c3cccc(-c4cnn(CC(F)(F)F)c4)n3)c2)C1. The van der Waals surface area contributed by atoms with Gasteiger partial charge in [0.15, 0.2) is 0 Å². The van der Waals surface area contributed by atoms with Gasteiger partial charge in [-0.1, -0.05) is 6.07 Å². The second-order valence-electron chi connectivity index (χ2n) is 8.90. The smallest absolute Gasteiger partial charge is 0.380 e. The van der Waals surface area contributed by atoms with Crippen molar-refractivity contribution in [3.8, 4) is 11.3 Å². The first-order valence-corrected chi connectivity index (χ1v) is 11.4. The zero-order valence-electron chi connectivity index (χ0n) is 19.1. The Morgan fingerprint density at radius 2 is 2.06 bits per heavy atom. The van der Waals surface area contributed by atoms with E-state index >= 15 is 0 Å². The van der Waals surface area contributed by atoms with Crippen LogP contribution < -0.4 is 10.2 Å². The molecule has 2 aliphatic rings. The molecule has 0 aromatic carbocycles. The molecule has 0 bridgehead atoms. The number of alkyl halides is 3. The van der Waals surface area contributed by atoms with Gasteiger partial charge in [-0.3, -0.25) is 14.5 Å². The van der Waals surface area contributed by atoms with Crippen LogP contribution in [0.25, 0.3) is 11.3 Å². The minimum absolute atomic E-state index is 0.152. The lowest BCUT2D eigenvalue weighted by Crippen LogP contribution is -2.23. The third-order valence-electron chi connectivity index (χ3n) is 6.21. The molecule has 1 atom stereocenters. The number of carbonyl (C=O) groups is 1. The Balaban J connectivity index is 1.36. The maximum absolute atomic E-state index is 13.1. The van der Waals surface area contributed by atoms with Gasteiger partial charge >= 0.3 is 6.18 Å². The molecule has 4 heterocycles. The van der Waals surface area contributed by atoms with Crippen molar-refractivity contribution >= 4 is 17.3 Å². The third kappa shape index (κ3) is 5.45. The molecule has 35 heavy (non-hydrogen) atoms. The average Bonchev–Trinajstić information content (AvgIpc) is 3.37.